The number of aromatic nitrogens is 1. The van der Waals surface area contributed by atoms with Gasteiger partial charge in [-0.25, -0.2) is 4.98 Å². The van der Waals surface area contributed by atoms with Crippen LogP contribution in [0.4, 0.5) is 0 Å². The number of nitrogens with two attached hydrogens (primary N) is 1. The molecule has 5 nitrogen and oxygen atoms in total. The third kappa shape index (κ3) is 4.82. The van der Waals surface area contributed by atoms with Gasteiger partial charge in [-0.15, -0.1) is 11.3 Å². The molecular formula is C16H21N3O2S. The molecule has 0 saturated heterocycles. The highest BCUT2D eigenvalue weighted by atomic mass is 32.1. The van der Waals surface area contributed by atoms with Crippen LogP contribution in [0.15, 0.2) is 29.6 Å². The zero-order chi connectivity index (χ0) is 15.9. The zero-order valence-corrected chi connectivity index (χ0v) is 13.7. The van der Waals surface area contributed by atoms with E-state index in [1.807, 2.05) is 38.1 Å². The van der Waals surface area contributed by atoms with Gasteiger partial charge in [0.1, 0.15) is 11.4 Å². The van der Waals surface area contributed by atoms with E-state index in [0.717, 1.165) is 16.3 Å². The van der Waals surface area contributed by atoms with E-state index in [1.165, 1.54) is 11.3 Å². The zero-order valence-electron chi connectivity index (χ0n) is 12.8. The fourth-order valence-electron chi connectivity index (χ4n) is 1.88. The summed E-state index contributed by atoms with van der Waals surface area (Å²) in [5.74, 6) is 0.665. The molecular weight excluding hydrogens is 298 g/mol. The Hall–Kier alpha value is -1.92. The number of hydrogen-bond donors (Lipinski definition) is 2. The number of ether oxygens (including phenoxy) is 1. The lowest BCUT2D eigenvalue weighted by molar-refractivity contribution is 0.0946. The minimum Gasteiger partial charge on any atom is -0.491 e. The topological polar surface area (TPSA) is 77.2 Å². The number of carbonyl (C=O) groups excluding carboxylic acids is 1. The van der Waals surface area contributed by atoms with Gasteiger partial charge in [-0.1, -0.05) is 12.1 Å². The van der Waals surface area contributed by atoms with Crippen molar-refractivity contribution in [1.82, 2.24) is 10.3 Å². The summed E-state index contributed by atoms with van der Waals surface area (Å²) in [7, 11) is 0. The molecule has 22 heavy (non-hydrogen) atoms. The van der Waals surface area contributed by atoms with Gasteiger partial charge in [-0.2, -0.15) is 0 Å². The van der Waals surface area contributed by atoms with Crippen LogP contribution in [-0.2, 0) is 13.0 Å². The molecule has 2 aromatic rings. The maximum absolute atomic E-state index is 12.0. The third-order valence-corrected chi connectivity index (χ3v) is 3.80. The van der Waals surface area contributed by atoms with Gasteiger partial charge in [-0.3, -0.25) is 4.79 Å². The molecule has 1 heterocycles. The van der Waals surface area contributed by atoms with Gasteiger partial charge >= 0.3 is 0 Å². The highest BCUT2D eigenvalue weighted by Crippen LogP contribution is 2.14. The number of benzene rings is 1. The molecule has 1 aromatic carbocycles. The summed E-state index contributed by atoms with van der Waals surface area (Å²) >= 11 is 1.46. The van der Waals surface area contributed by atoms with Crippen LogP contribution in [-0.4, -0.2) is 23.5 Å². The highest BCUT2D eigenvalue weighted by molar-refractivity contribution is 7.09. The molecule has 0 aliphatic carbocycles. The Morgan fingerprint density at radius 1 is 1.36 bits per heavy atom. The van der Waals surface area contributed by atoms with E-state index in [2.05, 4.69) is 10.3 Å². The van der Waals surface area contributed by atoms with Gasteiger partial charge in [0.2, 0.25) is 0 Å². The minimum absolute atomic E-state index is 0.151. The first kappa shape index (κ1) is 16.5. The molecule has 1 aromatic heterocycles. The van der Waals surface area contributed by atoms with Gasteiger partial charge in [0, 0.05) is 18.3 Å². The van der Waals surface area contributed by atoms with Gasteiger partial charge in [0.25, 0.3) is 5.91 Å². The number of nitrogens with one attached hydrogen (secondary N) is 1. The fourth-order valence-corrected chi connectivity index (χ4v) is 2.68. The van der Waals surface area contributed by atoms with E-state index in [1.54, 1.807) is 5.38 Å². The molecule has 118 valence electrons. The van der Waals surface area contributed by atoms with Crippen molar-refractivity contribution in [1.29, 1.82) is 0 Å². The number of rotatable bonds is 7. The molecule has 0 saturated carbocycles. The number of thiazole rings is 1. The Labute approximate surface area is 134 Å². The first-order valence-electron chi connectivity index (χ1n) is 7.26. The summed E-state index contributed by atoms with van der Waals surface area (Å²) in [6.07, 6.45) is 0.854. The normalized spacial score (nSPS) is 10.7. The van der Waals surface area contributed by atoms with Crippen molar-refractivity contribution in [2.75, 3.05) is 6.54 Å². The van der Waals surface area contributed by atoms with Gasteiger partial charge in [-0.05, 0) is 38.1 Å². The van der Waals surface area contributed by atoms with Crippen LogP contribution in [0.5, 0.6) is 5.75 Å². The first-order chi connectivity index (χ1) is 10.6. The Balaban J connectivity index is 1.87. The van der Waals surface area contributed by atoms with Crippen LogP contribution in [0.1, 0.15) is 34.9 Å². The van der Waals surface area contributed by atoms with Crippen LogP contribution in [0.2, 0.25) is 0 Å². The van der Waals surface area contributed by atoms with E-state index in [0.29, 0.717) is 25.2 Å². The average Bonchev–Trinajstić information content (AvgIpc) is 2.95. The second-order valence-electron chi connectivity index (χ2n) is 5.16. The molecule has 0 fully saturated rings. The van der Waals surface area contributed by atoms with E-state index < -0.39 is 0 Å². The van der Waals surface area contributed by atoms with E-state index in [-0.39, 0.29) is 12.0 Å². The lowest BCUT2D eigenvalue weighted by atomic mass is 10.2. The van der Waals surface area contributed by atoms with Gasteiger partial charge < -0.3 is 15.8 Å². The SMILES string of the molecule is CC(C)Oc1ccc(CNC(=O)c2csc(CCN)n2)cc1. The maximum atomic E-state index is 12.0. The second-order valence-corrected chi connectivity index (χ2v) is 6.10. The average molecular weight is 319 g/mol. The number of hydrogen-bond acceptors (Lipinski definition) is 5. The van der Waals surface area contributed by atoms with Crippen molar-refractivity contribution in [3.63, 3.8) is 0 Å². The van der Waals surface area contributed by atoms with E-state index >= 15 is 0 Å². The third-order valence-electron chi connectivity index (χ3n) is 2.89. The van der Waals surface area contributed by atoms with Crippen molar-refractivity contribution < 1.29 is 9.53 Å². The molecule has 6 heteroatoms. The summed E-state index contributed by atoms with van der Waals surface area (Å²) < 4.78 is 5.58. The van der Waals surface area contributed by atoms with Gasteiger partial charge in [0.15, 0.2) is 0 Å². The van der Waals surface area contributed by atoms with Crippen molar-refractivity contribution in [3.05, 3.63) is 45.9 Å². The standard InChI is InChI=1S/C16H21N3O2S/c1-11(2)21-13-5-3-12(4-6-13)9-18-16(20)14-10-22-15(19-14)7-8-17/h3-6,10-11H,7-9,17H2,1-2H3,(H,18,20). The highest BCUT2D eigenvalue weighted by Gasteiger charge is 2.10. The predicted octanol–water partition coefficient (Wildman–Crippen LogP) is 2.36. The van der Waals surface area contributed by atoms with Crippen molar-refractivity contribution in [2.45, 2.75) is 32.9 Å². The number of amides is 1. The number of carbonyl (C=O) groups is 1. The van der Waals surface area contributed by atoms with E-state index in [9.17, 15) is 4.79 Å². The molecule has 0 aliphatic rings. The Morgan fingerprint density at radius 2 is 2.09 bits per heavy atom. The molecule has 2 rings (SSSR count). The maximum Gasteiger partial charge on any atom is 0.271 e. The van der Waals surface area contributed by atoms with Crippen molar-refractivity contribution in [3.8, 4) is 5.75 Å². The summed E-state index contributed by atoms with van der Waals surface area (Å²) in [5.41, 5.74) is 6.95. The Bertz CT molecular complexity index is 608. The second kappa shape index (κ2) is 7.91. The minimum atomic E-state index is -0.165. The monoisotopic (exact) mass is 319 g/mol. The predicted molar refractivity (Wildman–Crippen MR) is 88.2 cm³/mol. The molecule has 0 unspecified atom stereocenters. The van der Waals surface area contributed by atoms with Crippen LogP contribution in [0.25, 0.3) is 0 Å². The molecule has 0 radical (unpaired) electrons. The smallest absolute Gasteiger partial charge is 0.271 e. The molecule has 3 N–H and O–H groups in total. The summed E-state index contributed by atoms with van der Waals surface area (Å²) in [4.78, 5) is 16.3. The molecule has 0 atom stereocenters. The lowest BCUT2D eigenvalue weighted by Gasteiger charge is -2.10. The fraction of sp³-hybridized carbons (Fsp3) is 0.375. The van der Waals surface area contributed by atoms with Crippen molar-refractivity contribution in [2.24, 2.45) is 5.73 Å². The van der Waals surface area contributed by atoms with Gasteiger partial charge in [0.05, 0.1) is 11.1 Å². The lowest BCUT2D eigenvalue weighted by Crippen LogP contribution is -2.23. The quantitative estimate of drug-likeness (QED) is 0.821. The number of nitrogens with zero attached hydrogens (tertiary/aromatic N) is 1. The molecule has 0 spiro atoms. The Morgan fingerprint density at radius 3 is 2.73 bits per heavy atom. The largest absolute Gasteiger partial charge is 0.491 e. The molecule has 0 aliphatic heterocycles. The summed E-state index contributed by atoms with van der Waals surface area (Å²) in [5, 5.41) is 5.52. The summed E-state index contributed by atoms with van der Waals surface area (Å²) in [6.45, 7) is 4.98. The van der Waals surface area contributed by atoms with Crippen molar-refractivity contribution >= 4 is 17.2 Å². The van der Waals surface area contributed by atoms with Crippen LogP contribution in [0, 0.1) is 0 Å². The van der Waals surface area contributed by atoms with Crippen LogP contribution in [0.3, 0.4) is 0 Å². The first-order valence-corrected chi connectivity index (χ1v) is 8.14. The summed E-state index contributed by atoms with van der Waals surface area (Å²) in [6, 6.07) is 7.70. The molecule has 0 bridgehead atoms. The van der Waals surface area contributed by atoms with E-state index in [4.69, 9.17) is 10.5 Å². The van der Waals surface area contributed by atoms with Crippen LogP contribution < -0.4 is 15.8 Å². The van der Waals surface area contributed by atoms with Crippen LogP contribution >= 0.6 is 11.3 Å². The molecule has 1 amide bonds. The Kier molecular flexibility index (Phi) is 5.91.